The number of carbonyl (C=O) groups is 1. The molecule has 0 spiro atoms. The lowest BCUT2D eigenvalue weighted by Crippen LogP contribution is -2.31. The highest BCUT2D eigenvalue weighted by Gasteiger charge is 2.16. The number of carbonyl (C=O) groups excluding carboxylic acids is 1. The standard InChI is InChI=1S/C14H17N5O/c1-2-19(10-11-6-4-3-5-7-11)14(20)12-8-9-13(16-15)18-17-12/h3-9H,2,10,15H2,1H3,(H,16,18). The molecule has 0 saturated carbocycles. The summed E-state index contributed by atoms with van der Waals surface area (Å²) in [6, 6.07) is 13.1. The van der Waals surface area contributed by atoms with Crippen molar-refractivity contribution >= 4 is 11.7 Å². The van der Waals surface area contributed by atoms with Gasteiger partial charge in [-0.2, -0.15) is 0 Å². The van der Waals surface area contributed by atoms with Crippen LogP contribution in [-0.4, -0.2) is 27.5 Å². The van der Waals surface area contributed by atoms with E-state index in [1.807, 2.05) is 37.3 Å². The number of anilines is 1. The Morgan fingerprint density at radius 1 is 1.20 bits per heavy atom. The molecule has 104 valence electrons. The van der Waals surface area contributed by atoms with E-state index in [0.717, 1.165) is 5.56 Å². The highest BCUT2D eigenvalue weighted by Crippen LogP contribution is 2.09. The van der Waals surface area contributed by atoms with Crippen molar-refractivity contribution in [3.05, 3.63) is 53.7 Å². The molecular weight excluding hydrogens is 254 g/mol. The number of hydrogen-bond donors (Lipinski definition) is 2. The molecule has 1 aromatic heterocycles. The fraction of sp³-hybridized carbons (Fsp3) is 0.214. The normalized spacial score (nSPS) is 10.1. The summed E-state index contributed by atoms with van der Waals surface area (Å²) in [6.07, 6.45) is 0. The molecular formula is C14H17N5O. The van der Waals surface area contributed by atoms with Gasteiger partial charge in [-0.05, 0) is 24.6 Å². The van der Waals surface area contributed by atoms with Crippen LogP contribution in [0.15, 0.2) is 42.5 Å². The Morgan fingerprint density at radius 3 is 2.50 bits per heavy atom. The molecule has 1 aromatic carbocycles. The molecule has 0 saturated heterocycles. The molecule has 2 aromatic rings. The zero-order valence-corrected chi connectivity index (χ0v) is 11.3. The van der Waals surface area contributed by atoms with Crippen LogP contribution in [0.4, 0.5) is 5.82 Å². The topological polar surface area (TPSA) is 84.1 Å². The first-order valence-electron chi connectivity index (χ1n) is 6.38. The molecule has 6 nitrogen and oxygen atoms in total. The van der Waals surface area contributed by atoms with Crippen LogP contribution in [0, 0.1) is 0 Å². The molecule has 0 unspecified atom stereocenters. The molecule has 1 heterocycles. The van der Waals surface area contributed by atoms with Crippen molar-refractivity contribution in [2.45, 2.75) is 13.5 Å². The molecule has 0 radical (unpaired) electrons. The monoisotopic (exact) mass is 271 g/mol. The Bertz CT molecular complexity index is 556. The van der Waals surface area contributed by atoms with E-state index in [9.17, 15) is 4.79 Å². The Morgan fingerprint density at radius 2 is 1.95 bits per heavy atom. The van der Waals surface area contributed by atoms with Crippen molar-refractivity contribution in [3.63, 3.8) is 0 Å². The summed E-state index contributed by atoms with van der Waals surface area (Å²) in [4.78, 5) is 14.1. The van der Waals surface area contributed by atoms with Gasteiger partial charge in [0.05, 0.1) is 0 Å². The summed E-state index contributed by atoms with van der Waals surface area (Å²) in [5.41, 5.74) is 3.76. The minimum absolute atomic E-state index is 0.146. The molecule has 0 fully saturated rings. The SMILES string of the molecule is CCN(Cc1ccccc1)C(=O)c1ccc(NN)nn1. The second-order valence-electron chi connectivity index (χ2n) is 4.25. The Balaban J connectivity index is 2.12. The van der Waals surface area contributed by atoms with E-state index in [2.05, 4.69) is 15.6 Å². The van der Waals surface area contributed by atoms with Gasteiger partial charge in [-0.1, -0.05) is 30.3 Å². The number of hydrogen-bond acceptors (Lipinski definition) is 5. The maximum atomic E-state index is 12.4. The molecule has 20 heavy (non-hydrogen) atoms. The molecule has 1 amide bonds. The highest BCUT2D eigenvalue weighted by molar-refractivity contribution is 5.92. The maximum Gasteiger partial charge on any atom is 0.274 e. The Hall–Kier alpha value is -2.47. The summed E-state index contributed by atoms with van der Waals surface area (Å²) >= 11 is 0. The molecule has 2 rings (SSSR count). The van der Waals surface area contributed by atoms with Gasteiger partial charge in [-0.3, -0.25) is 4.79 Å². The van der Waals surface area contributed by atoms with Crippen LogP contribution >= 0.6 is 0 Å². The first-order valence-corrected chi connectivity index (χ1v) is 6.38. The van der Waals surface area contributed by atoms with Crippen molar-refractivity contribution < 1.29 is 4.79 Å². The first-order chi connectivity index (χ1) is 9.74. The molecule has 3 N–H and O–H groups in total. The lowest BCUT2D eigenvalue weighted by Gasteiger charge is -2.20. The van der Waals surface area contributed by atoms with Gasteiger partial charge >= 0.3 is 0 Å². The number of nitrogens with zero attached hydrogens (tertiary/aromatic N) is 3. The lowest BCUT2D eigenvalue weighted by atomic mass is 10.2. The van der Waals surface area contributed by atoms with E-state index >= 15 is 0 Å². The highest BCUT2D eigenvalue weighted by atomic mass is 16.2. The minimum Gasteiger partial charge on any atom is -0.333 e. The summed E-state index contributed by atoms with van der Waals surface area (Å²) in [5.74, 6) is 5.49. The van der Waals surface area contributed by atoms with Crippen molar-refractivity contribution in [2.75, 3.05) is 12.0 Å². The van der Waals surface area contributed by atoms with E-state index in [-0.39, 0.29) is 5.91 Å². The first kappa shape index (κ1) is 14.0. The number of rotatable bonds is 5. The Labute approximate surface area is 117 Å². The second kappa shape index (κ2) is 6.63. The van der Waals surface area contributed by atoms with Crippen molar-refractivity contribution in [1.82, 2.24) is 15.1 Å². The molecule has 0 atom stereocenters. The van der Waals surface area contributed by atoms with Gasteiger partial charge in [0.2, 0.25) is 0 Å². The van der Waals surface area contributed by atoms with Gasteiger partial charge in [0.15, 0.2) is 11.5 Å². The van der Waals surface area contributed by atoms with Crippen molar-refractivity contribution in [1.29, 1.82) is 0 Å². The molecule has 0 bridgehead atoms. The van der Waals surface area contributed by atoms with Crippen LogP contribution < -0.4 is 11.3 Å². The third-order valence-electron chi connectivity index (χ3n) is 2.92. The fourth-order valence-corrected chi connectivity index (χ4v) is 1.82. The van der Waals surface area contributed by atoms with E-state index in [1.165, 1.54) is 0 Å². The lowest BCUT2D eigenvalue weighted by molar-refractivity contribution is 0.0745. The van der Waals surface area contributed by atoms with Gasteiger partial charge in [0.1, 0.15) is 0 Å². The van der Waals surface area contributed by atoms with Gasteiger partial charge in [0.25, 0.3) is 5.91 Å². The molecule has 0 aliphatic heterocycles. The Kier molecular flexibility index (Phi) is 4.62. The molecule has 0 aliphatic rings. The number of hydrazine groups is 1. The number of nitrogen functional groups attached to an aromatic ring is 1. The van der Waals surface area contributed by atoms with E-state index in [0.29, 0.717) is 24.6 Å². The van der Waals surface area contributed by atoms with E-state index in [1.54, 1.807) is 17.0 Å². The van der Waals surface area contributed by atoms with Crippen molar-refractivity contribution in [2.24, 2.45) is 5.84 Å². The number of nitrogens with two attached hydrogens (primary N) is 1. The summed E-state index contributed by atoms with van der Waals surface area (Å²) < 4.78 is 0. The number of amides is 1. The summed E-state index contributed by atoms with van der Waals surface area (Å²) in [5, 5.41) is 7.68. The van der Waals surface area contributed by atoms with Gasteiger partial charge in [-0.25, -0.2) is 5.84 Å². The van der Waals surface area contributed by atoms with Crippen LogP contribution in [0.1, 0.15) is 23.0 Å². The predicted molar refractivity (Wildman–Crippen MR) is 76.7 cm³/mol. The van der Waals surface area contributed by atoms with Crippen LogP contribution in [0.3, 0.4) is 0 Å². The number of benzene rings is 1. The molecule has 0 aliphatic carbocycles. The third-order valence-corrected chi connectivity index (χ3v) is 2.92. The third kappa shape index (κ3) is 3.30. The van der Waals surface area contributed by atoms with E-state index in [4.69, 9.17) is 5.84 Å². The van der Waals surface area contributed by atoms with Crippen LogP contribution in [0.25, 0.3) is 0 Å². The zero-order chi connectivity index (χ0) is 14.4. The van der Waals surface area contributed by atoms with Crippen LogP contribution in [0.5, 0.6) is 0 Å². The maximum absolute atomic E-state index is 12.4. The van der Waals surface area contributed by atoms with Gasteiger partial charge < -0.3 is 10.3 Å². The number of nitrogens with one attached hydrogen (secondary N) is 1. The van der Waals surface area contributed by atoms with Crippen molar-refractivity contribution in [3.8, 4) is 0 Å². The zero-order valence-electron chi connectivity index (χ0n) is 11.3. The molecule has 6 heteroatoms. The fourth-order valence-electron chi connectivity index (χ4n) is 1.82. The second-order valence-corrected chi connectivity index (χ2v) is 4.25. The predicted octanol–water partition coefficient (Wildman–Crippen LogP) is 1.42. The summed E-state index contributed by atoms with van der Waals surface area (Å²) in [7, 11) is 0. The minimum atomic E-state index is -0.146. The largest absolute Gasteiger partial charge is 0.333 e. The average Bonchev–Trinajstić information content (AvgIpc) is 2.53. The quantitative estimate of drug-likeness (QED) is 0.634. The van der Waals surface area contributed by atoms with E-state index < -0.39 is 0 Å². The van der Waals surface area contributed by atoms with Crippen LogP contribution in [-0.2, 0) is 6.54 Å². The number of aromatic nitrogens is 2. The smallest absolute Gasteiger partial charge is 0.274 e. The van der Waals surface area contributed by atoms with Crippen LogP contribution in [0.2, 0.25) is 0 Å². The van der Waals surface area contributed by atoms with Gasteiger partial charge in [-0.15, -0.1) is 10.2 Å². The average molecular weight is 271 g/mol. The summed E-state index contributed by atoms with van der Waals surface area (Å²) in [6.45, 7) is 3.09. The van der Waals surface area contributed by atoms with Gasteiger partial charge in [0, 0.05) is 13.1 Å².